The monoisotopic (exact) mass is 471 g/mol. The van der Waals surface area contributed by atoms with E-state index < -0.39 is 0 Å². The van der Waals surface area contributed by atoms with Crippen LogP contribution in [0.4, 0.5) is 10.8 Å². The van der Waals surface area contributed by atoms with Gasteiger partial charge in [0.15, 0.2) is 11.0 Å². The number of rotatable bonds is 8. The molecule has 1 amide bonds. The minimum atomic E-state index is -0.108. The summed E-state index contributed by atoms with van der Waals surface area (Å²) < 4.78 is 2.04. The highest BCUT2D eigenvalue weighted by atomic mass is 32.2. The van der Waals surface area contributed by atoms with Crippen LogP contribution in [0.1, 0.15) is 50.0 Å². The lowest BCUT2D eigenvalue weighted by molar-refractivity contribution is -0.113. The molecule has 0 saturated heterocycles. The van der Waals surface area contributed by atoms with Crippen molar-refractivity contribution >= 4 is 39.8 Å². The van der Waals surface area contributed by atoms with E-state index in [1.165, 1.54) is 55.2 Å². The fourth-order valence-electron chi connectivity index (χ4n) is 3.90. The van der Waals surface area contributed by atoms with Gasteiger partial charge in [-0.15, -0.1) is 20.4 Å². The lowest BCUT2D eigenvalue weighted by Crippen LogP contribution is -2.14. The number of aromatic nitrogens is 5. The Morgan fingerprint density at radius 3 is 2.75 bits per heavy atom. The quantitative estimate of drug-likeness (QED) is 0.478. The first kappa shape index (κ1) is 22.7. The molecule has 1 fully saturated rings. The third-order valence-corrected chi connectivity index (χ3v) is 7.60. The van der Waals surface area contributed by atoms with Crippen LogP contribution >= 0.6 is 23.1 Å². The zero-order valence-electron chi connectivity index (χ0n) is 18.7. The van der Waals surface area contributed by atoms with Gasteiger partial charge < -0.3 is 9.47 Å². The van der Waals surface area contributed by atoms with E-state index >= 15 is 0 Å². The molecule has 0 spiro atoms. The number of nitrogens with one attached hydrogen (secondary N) is 1. The van der Waals surface area contributed by atoms with Crippen molar-refractivity contribution in [1.82, 2.24) is 25.0 Å². The topological polar surface area (TPSA) is 88.8 Å². The van der Waals surface area contributed by atoms with Gasteiger partial charge in [0.05, 0.1) is 5.75 Å². The summed E-state index contributed by atoms with van der Waals surface area (Å²) in [6.07, 6.45) is 6.15. The molecule has 10 heteroatoms. The summed E-state index contributed by atoms with van der Waals surface area (Å²) in [6, 6.07) is 8.20. The van der Waals surface area contributed by atoms with Gasteiger partial charge in [0, 0.05) is 37.8 Å². The van der Waals surface area contributed by atoms with Crippen molar-refractivity contribution in [1.29, 1.82) is 0 Å². The molecule has 0 aliphatic heterocycles. The number of hydrogen-bond acceptors (Lipinski definition) is 8. The van der Waals surface area contributed by atoms with Crippen molar-refractivity contribution in [2.24, 2.45) is 0 Å². The fraction of sp³-hybridized carbons (Fsp3) is 0.500. The summed E-state index contributed by atoms with van der Waals surface area (Å²) in [6.45, 7) is 2.78. The van der Waals surface area contributed by atoms with Gasteiger partial charge in [-0.05, 0) is 31.9 Å². The maximum Gasteiger partial charge on any atom is 0.236 e. The molecule has 1 aromatic carbocycles. The number of amides is 1. The standard InChI is InChI=1S/C22H29N7OS2/c1-4-29-19(16-11-8-12-17(13-16)28(2)3)24-27-22(29)31-14-18(30)23-21-26-25-20(32-21)15-9-6-5-7-10-15/h8,11-13,15H,4-7,9-10,14H2,1-3H3,(H,23,26,30). The first-order valence-electron chi connectivity index (χ1n) is 11.0. The van der Waals surface area contributed by atoms with Crippen LogP contribution in [-0.2, 0) is 11.3 Å². The van der Waals surface area contributed by atoms with Crippen LogP contribution in [0, 0.1) is 0 Å². The molecule has 2 aromatic heterocycles. The van der Waals surface area contributed by atoms with Crippen LogP contribution in [0.25, 0.3) is 11.4 Å². The predicted octanol–water partition coefficient (Wildman–Crippen LogP) is 4.66. The van der Waals surface area contributed by atoms with Crippen molar-refractivity contribution in [2.45, 2.75) is 56.6 Å². The lowest BCUT2D eigenvalue weighted by atomic mass is 9.90. The van der Waals surface area contributed by atoms with E-state index in [1.807, 2.05) is 30.8 Å². The summed E-state index contributed by atoms with van der Waals surface area (Å²) in [4.78, 5) is 14.6. The molecule has 0 atom stereocenters. The number of hydrogen-bond donors (Lipinski definition) is 1. The molecule has 1 aliphatic rings. The van der Waals surface area contributed by atoms with Crippen LogP contribution < -0.4 is 10.2 Å². The molecule has 2 heterocycles. The van der Waals surface area contributed by atoms with Gasteiger partial charge in [-0.2, -0.15) is 0 Å². The second-order valence-electron chi connectivity index (χ2n) is 8.11. The number of anilines is 2. The van der Waals surface area contributed by atoms with Crippen molar-refractivity contribution in [3.63, 3.8) is 0 Å². The molecule has 32 heavy (non-hydrogen) atoms. The predicted molar refractivity (Wildman–Crippen MR) is 131 cm³/mol. The van der Waals surface area contributed by atoms with Crippen LogP contribution in [0.2, 0.25) is 0 Å². The number of nitrogens with zero attached hydrogens (tertiary/aromatic N) is 6. The summed E-state index contributed by atoms with van der Waals surface area (Å²) in [5.41, 5.74) is 2.11. The first-order chi connectivity index (χ1) is 15.5. The van der Waals surface area contributed by atoms with E-state index in [1.54, 1.807) is 0 Å². The Morgan fingerprint density at radius 2 is 2.00 bits per heavy atom. The Hall–Kier alpha value is -2.46. The second-order valence-corrected chi connectivity index (χ2v) is 10.1. The van der Waals surface area contributed by atoms with Crippen molar-refractivity contribution in [3.8, 4) is 11.4 Å². The van der Waals surface area contributed by atoms with Crippen LogP contribution in [0.3, 0.4) is 0 Å². The van der Waals surface area contributed by atoms with Crippen molar-refractivity contribution in [3.05, 3.63) is 29.3 Å². The smallest absolute Gasteiger partial charge is 0.236 e. The lowest BCUT2D eigenvalue weighted by Gasteiger charge is -2.18. The third kappa shape index (κ3) is 5.29. The highest BCUT2D eigenvalue weighted by molar-refractivity contribution is 7.99. The molecular weight excluding hydrogens is 442 g/mol. The van der Waals surface area contributed by atoms with Gasteiger partial charge in [-0.25, -0.2) is 0 Å². The molecule has 0 bridgehead atoms. The normalized spacial score (nSPS) is 14.5. The van der Waals surface area contributed by atoms with E-state index in [0.29, 0.717) is 11.0 Å². The van der Waals surface area contributed by atoms with Gasteiger partial charge in [-0.1, -0.05) is 54.5 Å². The van der Waals surface area contributed by atoms with Crippen LogP contribution in [0.15, 0.2) is 29.4 Å². The van der Waals surface area contributed by atoms with Crippen molar-refractivity contribution in [2.75, 3.05) is 30.1 Å². The number of thioether (sulfide) groups is 1. The average Bonchev–Trinajstić information content (AvgIpc) is 3.45. The van der Waals surface area contributed by atoms with Gasteiger partial charge in [0.2, 0.25) is 11.0 Å². The van der Waals surface area contributed by atoms with E-state index in [9.17, 15) is 4.79 Å². The molecule has 0 radical (unpaired) electrons. The maximum absolute atomic E-state index is 12.5. The van der Waals surface area contributed by atoms with Gasteiger partial charge in [-0.3, -0.25) is 10.1 Å². The Balaban J connectivity index is 1.38. The Morgan fingerprint density at radius 1 is 1.19 bits per heavy atom. The summed E-state index contributed by atoms with van der Waals surface area (Å²) >= 11 is 2.88. The van der Waals surface area contributed by atoms with Gasteiger partial charge in [0.25, 0.3) is 0 Å². The molecule has 1 N–H and O–H groups in total. The molecule has 8 nitrogen and oxygen atoms in total. The minimum absolute atomic E-state index is 0.108. The third-order valence-electron chi connectivity index (χ3n) is 5.63. The number of carbonyl (C=O) groups is 1. The van der Waals surface area contributed by atoms with E-state index in [4.69, 9.17) is 0 Å². The van der Waals surface area contributed by atoms with Crippen LogP contribution in [0.5, 0.6) is 0 Å². The summed E-state index contributed by atoms with van der Waals surface area (Å²) in [7, 11) is 4.03. The molecule has 170 valence electrons. The molecule has 4 rings (SSSR count). The average molecular weight is 472 g/mol. The van der Waals surface area contributed by atoms with Crippen molar-refractivity contribution < 1.29 is 4.79 Å². The minimum Gasteiger partial charge on any atom is -0.378 e. The van der Waals surface area contributed by atoms with Gasteiger partial charge in [0.1, 0.15) is 5.01 Å². The largest absolute Gasteiger partial charge is 0.378 e. The van der Waals surface area contributed by atoms with E-state index in [0.717, 1.165) is 33.8 Å². The zero-order chi connectivity index (χ0) is 22.5. The van der Waals surface area contributed by atoms with Gasteiger partial charge >= 0.3 is 0 Å². The summed E-state index contributed by atoms with van der Waals surface area (Å²) in [5.74, 6) is 1.44. The SMILES string of the molecule is CCn1c(SCC(=O)Nc2nnc(C3CCCCC3)s2)nnc1-c1cccc(N(C)C)c1. The fourth-order valence-corrected chi connectivity index (χ4v) is 5.63. The van der Waals surface area contributed by atoms with E-state index in [2.05, 4.69) is 49.7 Å². The number of carbonyl (C=O) groups excluding carboxylic acids is 1. The molecule has 1 aliphatic carbocycles. The highest BCUT2D eigenvalue weighted by Crippen LogP contribution is 2.35. The summed E-state index contributed by atoms with van der Waals surface area (Å²) in [5, 5.41) is 22.5. The number of benzene rings is 1. The molecule has 3 aromatic rings. The Labute approximate surface area is 196 Å². The maximum atomic E-state index is 12.5. The molecular formula is C22H29N7OS2. The van der Waals surface area contributed by atoms with E-state index in [-0.39, 0.29) is 11.7 Å². The Kier molecular flexibility index (Phi) is 7.41. The Bertz CT molecular complexity index is 1060. The first-order valence-corrected chi connectivity index (χ1v) is 12.8. The zero-order valence-corrected chi connectivity index (χ0v) is 20.4. The highest BCUT2D eigenvalue weighted by Gasteiger charge is 2.21. The second kappa shape index (κ2) is 10.4. The molecule has 0 unspecified atom stereocenters. The van der Waals surface area contributed by atoms with Crippen LogP contribution in [-0.4, -0.2) is 50.7 Å². The molecule has 1 saturated carbocycles.